The number of carbonyl (C=O) groups is 1. The van der Waals surface area contributed by atoms with Crippen LogP contribution in [0.2, 0.25) is 0 Å². The minimum atomic E-state index is -6.84. The Bertz CT molecular complexity index is 589. The molecular weight excluding hydrogens is 386 g/mol. The maximum atomic E-state index is 12.4. The minimum Gasteiger partial charge on any atom is -0.438 e. The van der Waals surface area contributed by atoms with Crippen molar-refractivity contribution in [3.05, 3.63) is 4.58 Å². The third-order valence-electron chi connectivity index (χ3n) is 2.13. The third-order valence-corrected chi connectivity index (χ3v) is 6.19. The van der Waals surface area contributed by atoms with Gasteiger partial charge in [-0.25, -0.2) is 4.79 Å². The predicted molar refractivity (Wildman–Crippen MR) is 60.8 cm³/mol. The second-order valence-electron chi connectivity index (χ2n) is 3.86. The van der Waals surface area contributed by atoms with Gasteiger partial charge in [0, 0.05) is 0 Å². The van der Waals surface area contributed by atoms with Gasteiger partial charge in [-0.1, -0.05) is 4.58 Å². The molecule has 138 valence electrons. The summed E-state index contributed by atoms with van der Waals surface area (Å²) >= 11 is 0. The van der Waals surface area contributed by atoms with Gasteiger partial charge >= 0.3 is 17.2 Å². The zero-order valence-corrected chi connectivity index (χ0v) is 12.9. The summed E-state index contributed by atoms with van der Waals surface area (Å²) in [6.07, 6.45) is -5.41. The first kappa shape index (κ1) is 21.8. The van der Waals surface area contributed by atoms with Gasteiger partial charge in [0.2, 0.25) is 0 Å². The van der Waals surface area contributed by atoms with Gasteiger partial charge in [0.1, 0.15) is 19.7 Å². The zero-order valence-electron chi connectivity index (χ0n) is 11.2. The maximum absolute atomic E-state index is 12.4. The first-order valence-electron chi connectivity index (χ1n) is 5.21. The topological polar surface area (TPSA) is 104 Å². The molecule has 1 unspecified atom stereocenters. The molecular formula is C8H9F6O7S2-. The summed E-state index contributed by atoms with van der Waals surface area (Å²) in [6.45, 7) is 0.675. The molecule has 0 bridgehead atoms. The molecule has 0 aromatic carbocycles. The standard InChI is InChI=1S/C8H9F6O7S2/c1-4(21-6(15)20-2)3-5(22(16,17)7(9,10)11)23(18,19)8(12,13)14/h4H,3H2,1-2H3/q-1. The molecule has 0 aromatic heterocycles. The van der Waals surface area contributed by atoms with Gasteiger partial charge in [0.25, 0.3) is 0 Å². The molecule has 0 aliphatic carbocycles. The van der Waals surface area contributed by atoms with Crippen molar-refractivity contribution in [3.63, 3.8) is 0 Å². The van der Waals surface area contributed by atoms with Crippen LogP contribution in [0.4, 0.5) is 31.1 Å². The van der Waals surface area contributed by atoms with Crippen molar-refractivity contribution in [3.8, 4) is 0 Å². The summed E-state index contributed by atoms with van der Waals surface area (Å²) in [6, 6.07) is 0. The highest BCUT2D eigenvalue weighted by Crippen LogP contribution is 2.43. The molecule has 0 heterocycles. The van der Waals surface area contributed by atoms with E-state index < -0.39 is 54.0 Å². The highest BCUT2D eigenvalue weighted by atomic mass is 32.3. The SMILES string of the molecule is COC(=O)OC(C)C[C-](S(=O)(=O)C(F)(F)F)S(=O)(=O)C(F)(F)F. The fourth-order valence-corrected chi connectivity index (χ4v) is 4.26. The van der Waals surface area contributed by atoms with Gasteiger partial charge in [-0.2, -0.15) is 26.3 Å². The fraction of sp³-hybridized carbons (Fsp3) is 0.750. The summed E-state index contributed by atoms with van der Waals surface area (Å²) in [5.41, 5.74) is -12.6. The van der Waals surface area contributed by atoms with Crippen molar-refractivity contribution in [1.82, 2.24) is 0 Å². The van der Waals surface area contributed by atoms with Crippen molar-refractivity contribution in [2.24, 2.45) is 0 Å². The van der Waals surface area contributed by atoms with Gasteiger partial charge in [-0.05, 0) is 6.92 Å². The van der Waals surface area contributed by atoms with E-state index in [2.05, 4.69) is 9.47 Å². The Labute approximate surface area is 126 Å². The van der Waals surface area contributed by atoms with E-state index in [4.69, 9.17) is 0 Å². The highest BCUT2D eigenvalue weighted by Gasteiger charge is 2.54. The van der Waals surface area contributed by atoms with Crippen LogP contribution in [0.15, 0.2) is 0 Å². The molecule has 0 rings (SSSR count). The van der Waals surface area contributed by atoms with Crippen LogP contribution < -0.4 is 0 Å². The Morgan fingerprint density at radius 2 is 1.35 bits per heavy atom. The second-order valence-corrected chi connectivity index (χ2v) is 8.04. The largest absolute Gasteiger partial charge is 0.508 e. The van der Waals surface area contributed by atoms with Crippen LogP contribution in [0.25, 0.3) is 0 Å². The Morgan fingerprint density at radius 3 is 1.61 bits per heavy atom. The van der Waals surface area contributed by atoms with Gasteiger partial charge in [-0.3, -0.25) is 16.8 Å². The molecule has 1 atom stereocenters. The number of methoxy groups -OCH3 is 1. The number of sulfone groups is 2. The monoisotopic (exact) mass is 395 g/mol. The summed E-state index contributed by atoms with van der Waals surface area (Å²) in [4.78, 5) is 10.7. The fourth-order valence-electron chi connectivity index (χ4n) is 1.11. The molecule has 0 aliphatic rings. The second kappa shape index (κ2) is 6.70. The number of ether oxygens (including phenoxy) is 2. The van der Waals surface area contributed by atoms with Crippen LogP contribution in [0.1, 0.15) is 13.3 Å². The Morgan fingerprint density at radius 1 is 1.00 bits per heavy atom. The lowest BCUT2D eigenvalue weighted by Crippen LogP contribution is -2.41. The van der Waals surface area contributed by atoms with E-state index in [1.807, 2.05) is 0 Å². The van der Waals surface area contributed by atoms with Crippen molar-refractivity contribution < 1.29 is 57.4 Å². The van der Waals surface area contributed by atoms with E-state index in [0.29, 0.717) is 6.92 Å². The molecule has 0 fully saturated rings. The van der Waals surface area contributed by atoms with Crippen LogP contribution in [0.5, 0.6) is 0 Å². The van der Waals surface area contributed by atoms with Crippen LogP contribution in [-0.2, 0) is 29.1 Å². The molecule has 0 aromatic rings. The molecule has 0 saturated heterocycles. The van der Waals surface area contributed by atoms with Crippen molar-refractivity contribution in [2.45, 2.75) is 30.5 Å². The number of rotatable bonds is 5. The lowest BCUT2D eigenvalue weighted by atomic mass is 10.3. The molecule has 0 saturated carbocycles. The van der Waals surface area contributed by atoms with E-state index in [9.17, 15) is 48.0 Å². The summed E-state index contributed by atoms with van der Waals surface area (Å²) in [5, 5.41) is 0. The van der Waals surface area contributed by atoms with Gasteiger partial charge in [0.05, 0.1) is 13.2 Å². The van der Waals surface area contributed by atoms with E-state index in [-0.39, 0.29) is 0 Å². The van der Waals surface area contributed by atoms with Crippen LogP contribution in [-0.4, -0.2) is 47.2 Å². The normalized spacial score (nSPS) is 15.3. The average Bonchev–Trinajstić information content (AvgIpc) is 2.32. The highest BCUT2D eigenvalue weighted by molar-refractivity contribution is 8.13. The molecule has 0 spiro atoms. The lowest BCUT2D eigenvalue weighted by Gasteiger charge is -2.33. The van der Waals surface area contributed by atoms with Gasteiger partial charge in [0.15, 0.2) is 0 Å². The smallest absolute Gasteiger partial charge is 0.438 e. The average molecular weight is 395 g/mol. The van der Waals surface area contributed by atoms with Crippen LogP contribution in [0.3, 0.4) is 0 Å². The number of halogens is 6. The van der Waals surface area contributed by atoms with Crippen molar-refractivity contribution in [1.29, 1.82) is 0 Å². The van der Waals surface area contributed by atoms with E-state index in [1.165, 1.54) is 0 Å². The van der Waals surface area contributed by atoms with Crippen molar-refractivity contribution in [2.75, 3.05) is 7.11 Å². The quantitative estimate of drug-likeness (QED) is 0.398. The summed E-state index contributed by atoms with van der Waals surface area (Å²) in [5.74, 6) is 0. The van der Waals surface area contributed by atoms with Crippen LogP contribution >= 0.6 is 0 Å². The maximum Gasteiger partial charge on any atom is 0.508 e. The van der Waals surface area contributed by atoms with Gasteiger partial charge in [-0.15, -0.1) is 6.42 Å². The zero-order chi connectivity index (χ0) is 18.9. The molecule has 0 N–H and O–H groups in total. The van der Waals surface area contributed by atoms with E-state index in [1.54, 1.807) is 0 Å². The van der Waals surface area contributed by atoms with Gasteiger partial charge < -0.3 is 9.47 Å². The number of alkyl halides is 6. The lowest BCUT2D eigenvalue weighted by molar-refractivity contribution is -0.0458. The predicted octanol–water partition coefficient (Wildman–Crippen LogP) is 1.91. The Kier molecular flexibility index (Phi) is 6.34. The molecule has 7 nitrogen and oxygen atoms in total. The number of hydrogen-bond donors (Lipinski definition) is 0. The van der Waals surface area contributed by atoms with Crippen LogP contribution in [0, 0.1) is 4.58 Å². The number of carbonyl (C=O) groups excluding carboxylic acids is 1. The summed E-state index contributed by atoms with van der Waals surface area (Å²) < 4.78 is 124. The van der Waals surface area contributed by atoms with E-state index >= 15 is 0 Å². The Hall–Kier alpha value is -1.25. The first-order chi connectivity index (χ1) is 9.98. The first-order valence-corrected chi connectivity index (χ1v) is 8.18. The van der Waals surface area contributed by atoms with Crippen molar-refractivity contribution >= 4 is 25.8 Å². The number of hydrogen-bond acceptors (Lipinski definition) is 7. The van der Waals surface area contributed by atoms with E-state index in [0.717, 1.165) is 7.11 Å². The molecule has 23 heavy (non-hydrogen) atoms. The summed E-state index contributed by atoms with van der Waals surface area (Å²) in [7, 11) is -12.9. The molecule has 0 radical (unpaired) electrons. The Balaban J connectivity index is 5.94. The molecule has 0 aliphatic heterocycles. The third kappa shape index (κ3) is 4.86. The molecule has 15 heteroatoms. The molecule has 0 amide bonds. The minimum absolute atomic E-state index is 0.675.